The van der Waals surface area contributed by atoms with E-state index in [-0.39, 0.29) is 6.04 Å². The highest BCUT2D eigenvalue weighted by Crippen LogP contribution is 2.22. The molecular weight excluding hydrogens is 326 g/mol. The van der Waals surface area contributed by atoms with Crippen LogP contribution in [0.5, 0.6) is 0 Å². The summed E-state index contributed by atoms with van der Waals surface area (Å²) in [5, 5.41) is 0. The monoisotopic (exact) mass is 355 g/mol. The molecule has 1 fully saturated rings. The van der Waals surface area contributed by atoms with Crippen LogP contribution in [0.25, 0.3) is 0 Å². The highest BCUT2D eigenvalue weighted by molar-refractivity contribution is 7.88. The first-order valence-electron chi connectivity index (χ1n) is 8.35. The number of likely N-dealkylation sites (N-methyl/N-ethyl adjacent to an activating group) is 1. The minimum absolute atomic E-state index is 0.0575. The van der Waals surface area contributed by atoms with Gasteiger partial charge in [0.1, 0.15) is 0 Å². The van der Waals surface area contributed by atoms with Gasteiger partial charge in [-0.1, -0.05) is 0 Å². The molecule has 2 heterocycles. The van der Waals surface area contributed by atoms with E-state index < -0.39 is 10.0 Å². The molecule has 0 aromatic carbocycles. The van der Waals surface area contributed by atoms with Gasteiger partial charge in [-0.05, 0) is 46.9 Å². The lowest BCUT2D eigenvalue weighted by Gasteiger charge is -2.37. The Morgan fingerprint density at radius 1 is 1.12 bits per heavy atom. The van der Waals surface area contributed by atoms with Crippen molar-refractivity contribution in [2.75, 3.05) is 51.4 Å². The van der Waals surface area contributed by atoms with Gasteiger partial charge in [-0.25, -0.2) is 18.4 Å². The highest BCUT2D eigenvalue weighted by Gasteiger charge is 2.30. The van der Waals surface area contributed by atoms with E-state index in [1.807, 2.05) is 38.9 Å². The highest BCUT2D eigenvalue weighted by atomic mass is 32.2. The van der Waals surface area contributed by atoms with Crippen molar-refractivity contribution in [2.24, 2.45) is 0 Å². The Labute approximate surface area is 145 Å². The molecule has 0 saturated carbocycles. The van der Waals surface area contributed by atoms with Gasteiger partial charge in [-0.3, -0.25) is 0 Å². The van der Waals surface area contributed by atoms with E-state index in [1.165, 1.54) is 6.26 Å². The van der Waals surface area contributed by atoms with Crippen molar-refractivity contribution < 1.29 is 8.42 Å². The van der Waals surface area contributed by atoms with Crippen LogP contribution < -0.4 is 4.90 Å². The number of rotatable bonds is 6. The van der Waals surface area contributed by atoms with Gasteiger partial charge in [0, 0.05) is 43.6 Å². The van der Waals surface area contributed by atoms with Crippen LogP contribution in [0.15, 0.2) is 6.07 Å². The first kappa shape index (κ1) is 19.1. The molecule has 0 amide bonds. The van der Waals surface area contributed by atoms with Gasteiger partial charge in [0.05, 0.1) is 6.26 Å². The normalized spacial score (nSPS) is 17.0. The summed E-state index contributed by atoms with van der Waals surface area (Å²) in [6, 6.07) is 2.02. The molecule has 0 unspecified atom stereocenters. The maximum Gasteiger partial charge on any atom is 0.225 e. The molecule has 0 atom stereocenters. The number of piperidine rings is 1. The van der Waals surface area contributed by atoms with Crippen molar-refractivity contribution in [1.29, 1.82) is 0 Å². The predicted octanol–water partition coefficient (Wildman–Crippen LogP) is 0.885. The number of hydrogen-bond acceptors (Lipinski definition) is 6. The van der Waals surface area contributed by atoms with Gasteiger partial charge in [0.25, 0.3) is 0 Å². The van der Waals surface area contributed by atoms with Crippen LogP contribution in [0, 0.1) is 13.8 Å². The van der Waals surface area contributed by atoms with E-state index in [1.54, 1.807) is 4.31 Å². The molecule has 1 saturated heterocycles. The maximum atomic E-state index is 12.2. The molecule has 2 rings (SSSR count). The Kier molecular flexibility index (Phi) is 6.17. The summed E-state index contributed by atoms with van der Waals surface area (Å²) in [5.74, 6) is 0.755. The molecule has 7 nitrogen and oxygen atoms in total. The second-order valence-corrected chi connectivity index (χ2v) is 8.78. The van der Waals surface area contributed by atoms with Crippen LogP contribution in [0.1, 0.15) is 24.2 Å². The summed E-state index contributed by atoms with van der Waals surface area (Å²) in [6.45, 7) is 6.77. The Hall–Kier alpha value is -1.25. The smallest absolute Gasteiger partial charge is 0.225 e. The van der Waals surface area contributed by atoms with Crippen LogP contribution >= 0.6 is 0 Å². The van der Waals surface area contributed by atoms with E-state index in [2.05, 4.69) is 14.9 Å². The fraction of sp³-hybridized carbons (Fsp3) is 0.750. The fourth-order valence-electron chi connectivity index (χ4n) is 3.12. The van der Waals surface area contributed by atoms with Crippen LogP contribution in [0.3, 0.4) is 0 Å². The number of anilines is 1. The van der Waals surface area contributed by atoms with Crippen molar-refractivity contribution >= 4 is 16.0 Å². The van der Waals surface area contributed by atoms with Gasteiger partial charge < -0.3 is 9.80 Å². The lowest BCUT2D eigenvalue weighted by Crippen LogP contribution is -2.49. The number of aryl methyl sites for hydroxylation is 2. The van der Waals surface area contributed by atoms with E-state index in [9.17, 15) is 8.42 Å². The van der Waals surface area contributed by atoms with Gasteiger partial charge in [0.15, 0.2) is 0 Å². The molecule has 136 valence electrons. The van der Waals surface area contributed by atoms with Crippen molar-refractivity contribution in [1.82, 2.24) is 19.2 Å². The van der Waals surface area contributed by atoms with Crippen LogP contribution in [-0.2, 0) is 10.0 Å². The third-order valence-electron chi connectivity index (χ3n) is 4.32. The third-order valence-corrected chi connectivity index (χ3v) is 5.65. The standard InChI is InChI=1S/C16H29N5O2S/c1-13-12-14(2)18-16(17-13)20-8-6-15(7-9-20)21(24(5,22)23)11-10-19(3)4/h12,15H,6-11H2,1-5H3. The van der Waals surface area contributed by atoms with E-state index in [0.717, 1.165) is 49.8 Å². The number of hydrogen-bond donors (Lipinski definition) is 0. The number of aromatic nitrogens is 2. The fourth-order valence-corrected chi connectivity index (χ4v) is 4.29. The summed E-state index contributed by atoms with van der Waals surface area (Å²) in [6.07, 6.45) is 2.91. The molecule has 8 heteroatoms. The zero-order valence-corrected chi connectivity index (χ0v) is 16.2. The average Bonchev–Trinajstić information content (AvgIpc) is 2.45. The second kappa shape index (κ2) is 7.76. The van der Waals surface area contributed by atoms with E-state index >= 15 is 0 Å². The van der Waals surface area contributed by atoms with Gasteiger partial charge in [0.2, 0.25) is 16.0 Å². The zero-order valence-electron chi connectivity index (χ0n) is 15.4. The minimum Gasteiger partial charge on any atom is -0.341 e. The first-order valence-corrected chi connectivity index (χ1v) is 10.2. The summed E-state index contributed by atoms with van der Waals surface area (Å²) >= 11 is 0. The lowest BCUT2D eigenvalue weighted by molar-refractivity contribution is 0.250. The summed E-state index contributed by atoms with van der Waals surface area (Å²) in [5.41, 5.74) is 1.92. The van der Waals surface area contributed by atoms with Crippen molar-refractivity contribution in [3.8, 4) is 0 Å². The summed E-state index contributed by atoms with van der Waals surface area (Å²) < 4.78 is 26.0. The molecule has 1 aliphatic heterocycles. The topological polar surface area (TPSA) is 69.6 Å². The van der Waals surface area contributed by atoms with E-state index in [4.69, 9.17) is 0 Å². The Morgan fingerprint density at radius 2 is 1.67 bits per heavy atom. The lowest BCUT2D eigenvalue weighted by atomic mass is 10.1. The van der Waals surface area contributed by atoms with Crippen LogP contribution in [0.2, 0.25) is 0 Å². The van der Waals surface area contributed by atoms with Crippen molar-refractivity contribution in [2.45, 2.75) is 32.7 Å². The summed E-state index contributed by atoms with van der Waals surface area (Å²) in [4.78, 5) is 13.2. The van der Waals surface area contributed by atoms with Gasteiger partial charge in [-0.15, -0.1) is 0 Å². The average molecular weight is 356 g/mol. The van der Waals surface area contributed by atoms with Gasteiger partial charge in [-0.2, -0.15) is 4.31 Å². The van der Waals surface area contributed by atoms with E-state index in [0.29, 0.717) is 6.54 Å². The summed E-state index contributed by atoms with van der Waals surface area (Å²) in [7, 11) is 0.719. The quantitative estimate of drug-likeness (QED) is 0.755. The Bertz CT molecular complexity index is 634. The van der Waals surface area contributed by atoms with Crippen LogP contribution in [-0.4, -0.2) is 80.2 Å². The maximum absolute atomic E-state index is 12.2. The zero-order chi connectivity index (χ0) is 17.9. The van der Waals surface area contributed by atoms with Crippen molar-refractivity contribution in [3.63, 3.8) is 0 Å². The Balaban J connectivity index is 2.04. The molecule has 0 aliphatic carbocycles. The molecule has 0 N–H and O–H groups in total. The Morgan fingerprint density at radius 3 is 2.12 bits per heavy atom. The molecular formula is C16H29N5O2S. The van der Waals surface area contributed by atoms with Crippen molar-refractivity contribution in [3.05, 3.63) is 17.5 Å². The molecule has 24 heavy (non-hydrogen) atoms. The molecule has 1 aromatic rings. The molecule has 1 aliphatic rings. The van der Waals surface area contributed by atoms with Gasteiger partial charge >= 0.3 is 0 Å². The SMILES string of the molecule is Cc1cc(C)nc(N2CCC(N(CCN(C)C)S(C)(=O)=O)CC2)n1. The number of sulfonamides is 1. The third kappa shape index (κ3) is 5.12. The molecule has 0 spiro atoms. The predicted molar refractivity (Wildman–Crippen MR) is 96.8 cm³/mol. The largest absolute Gasteiger partial charge is 0.341 e. The second-order valence-electron chi connectivity index (χ2n) is 6.85. The first-order chi connectivity index (χ1) is 11.2. The number of nitrogens with zero attached hydrogens (tertiary/aromatic N) is 5. The molecule has 1 aromatic heterocycles. The molecule has 0 bridgehead atoms. The minimum atomic E-state index is -3.20. The van der Waals surface area contributed by atoms with Crippen LogP contribution in [0.4, 0.5) is 5.95 Å². The molecule has 0 radical (unpaired) electrons.